The maximum atomic E-state index is 5.27. The minimum atomic E-state index is 0.286. The molecule has 0 aliphatic carbocycles. The molecule has 1 N–H and O–H groups in total. The third kappa shape index (κ3) is 4.23. The summed E-state index contributed by atoms with van der Waals surface area (Å²) in [6.45, 7) is 3.02. The van der Waals surface area contributed by atoms with Crippen LogP contribution in [-0.4, -0.2) is 21.2 Å². The van der Waals surface area contributed by atoms with Gasteiger partial charge in [0.15, 0.2) is 0 Å². The molecule has 2 aromatic carbocycles. The highest BCUT2D eigenvalue weighted by molar-refractivity contribution is 5.46. The predicted molar refractivity (Wildman–Crippen MR) is 89.0 cm³/mol. The lowest BCUT2D eigenvalue weighted by molar-refractivity contribution is 0.413. The third-order valence-corrected chi connectivity index (χ3v) is 3.66. The topological polar surface area (TPSA) is 24.5 Å². The second-order valence-electron chi connectivity index (χ2n) is 5.44. The van der Waals surface area contributed by atoms with Gasteiger partial charge in [0.05, 0.1) is 7.11 Å². The van der Waals surface area contributed by atoms with E-state index < -0.39 is 0 Å². The summed E-state index contributed by atoms with van der Waals surface area (Å²) in [4.78, 5) is 2.11. The van der Waals surface area contributed by atoms with Crippen molar-refractivity contribution in [2.24, 2.45) is 0 Å². The van der Waals surface area contributed by atoms with Crippen LogP contribution in [0.2, 0.25) is 0 Å². The average molecular weight is 284 g/mol. The summed E-state index contributed by atoms with van der Waals surface area (Å²) in [5, 5.41) is 3.55. The summed E-state index contributed by atoms with van der Waals surface area (Å²) in [5.74, 6) is 0.900. The smallest absolute Gasteiger partial charge is 0.119 e. The van der Waals surface area contributed by atoms with Gasteiger partial charge >= 0.3 is 0 Å². The predicted octanol–water partition coefficient (Wildman–Crippen LogP) is 3.61. The van der Waals surface area contributed by atoms with Crippen LogP contribution in [0.3, 0.4) is 0 Å². The molecular formula is C18H24N2O. The van der Waals surface area contributed by atoms with Crippen molar-refractivity contribution in [2.45, 2.75) is 19.5 Å². The number of rotatable bonds is 6. The van der Waals surface area contributed by atoms with Crippen LogP contribution in [0.15, 0.2) is 48.5 Å². The molecule has 0 fully saturated rings. The zero-order chi connectivity index (χ0) is 15.2. The van der Waals surface area contributed by atoms with Crippen LogP contribution in [0.4, 0.5) is 5.69 Å². The Labute approximate surface area is 127 Å². The second-order valence-corrected chi connectivity index (χ2v) is 5.44. The fourth-order valence-corrected chi connectivity index (χ4v) is 2.21. The van der Waals surface area contributed by atoms with Gasteiger partial charge in [-0.25, -0.2) is 0 Å². The first-order chi connectivity index (χ1) is 10.1. The first kappa shape index (κ1) is 15.4. The van der Waals surface area contributed by atoms with E-state index in [1.54, 1.807) is 7.11 Å². The van der Waals surface area contributed by atoms with Crippen LogP contribution < -0.4 is 15.0 Å². The Morgan fingerprint density at radius 3 is 2.43 bits per heavy atom. The Morgan fingerprint density at radius 2 is 1.81 bits per heavy atom. The SMILES string of the molecule is COc1cccc([C@@H](C)NCc2ccc(N(C)C)cc2)c1. The van der Waals surface area contributed by atoms with Crippen LogP contribution in [0.1, 0.15) is 24.1 Å². The quantitative estimate of drug-likeness (QED) is 0.877. The van der Waals surface area contributed by atoms with Crippen molar-refractivity contribution in [1.29, 1.82) is 0 Å². The van der Waals surface area contributed by atoms with Gasteiger partial charge in [-0.1, -0.05) is 24.3 Å². The molecule has 0 aromatic heterocycles. The number of methoxy groups -OCH3 is 1. The van der Waals surface area contributed by atoms with Crippen molar-refractivity contribution in [2.75, 3.05) is 26.1 Å². The Hall–Kier alpha value is -2.00. The monoisotopic (exact) mass is 284 g/mol. The maximum absolute atomic E-state index is 5.27. The number of nitrogens with one attached hydrogen (secondary N) is 1. The molecule has 0 radical (unpaired) electrons. The average Bonchev–Trinajstić information content (AvgIpc) is 2.53. The van der Waals surface area contributed by atoms with E-state index in [2.05, 4.69) is 67.6 Å². The molecule has 0 spiro atoms. The van der Waals surface area contributed by atoms with E-state index in [-0.39, 0.29) is 6.04 Å². The molecule has 3 nitrogen and oxygen atoms in total. The summed E-state index contributed by atoms with van der Waals surface area (Å²) in [6.07, 6.45) is 0. The summed E-state index contributed by atoms with van der Waals surface area (Å²) in [5.41, 5.74) is 3.74. The number of anilines is 1. The van der Waals surface area contributed by atoms with Gasteiger partial charge in [0.1, 0.15) is 5.75 Å². The lowest BCUT2D eigenvalue weighted by Crippen LogP contribution is -2.18. The molecule has 0 aliphatic rings. The molecule has 0 saturated carbocycles. The van der Waals surface area contributed by atoms with Crippen molar-refractivity contribution < 1.29 is 4.74 Å². The number of nitrogens with zero attached hydrogens (tertiary/aromatic N) is 1. The molecule has 0 heterocycles. The fraction of sp³-hybridized carbons (Fsp3) is 0.333. The number of ether oxygens (including phenoxy) is 1. The van der Waals surface area contributed by atoms with Crippen LogP contribution in [0.25, 0.3) is 0 Å². The van der Waals surface area contributed by atoms with E-state index in [9.17, 15) is 0 Å². The highest BCUT2D eigenvalue weighted by Gasteiger charge is 2.06. The molecule has 112 valence electrons. The molecule has 21 heavy (non-hydrogen) atoms. The first-order valence-electron chi connectivity index (χ1n) is 7.23. The maximum Gasteiger partial charge on any atom is 0.119 e. The van der Waals surface area contributed by atoms with Crippen molar-refractivity contribution in [3.05, 3.63) is 59.7 Å². The Balaban J connectivity index is 1.95. The van der Waals surface area contributed by atoms with E-state index in [1.165, 1.54) is 16.8 Å². The minimum Gasteiger partial charge on any atom is -0.497 e. The van der Waals surface area contributed by atoms with Gasteiger partial charge in [0.25, 0.3) is 0 Å². The standard InChI is InChI=1S/C18H24N2O/c1-14(16-6-5-7-18(12-16)21-4)19-13-15-8-10-17(11-9-15)20(2)3/h5-12,14,19H,13H2,1-4H3/t14-/m1/s1. The lowest BCUT2D eigenvalue weighted by atomic mass is 10.1. The summed E-state index contributed by atoms with van der Waals surface area (Å²) in [6, 6.07) is 17.1. The van der Waals surface area contributed by atoms with E-state index in [0.717, 1.165) is 12.3 Å². The Kier molecular flexibility index (Phi) is 5.23. The molecular weight excluding hydrogens is 260 g/mol. The number of hydrogen-bond donors (Lipinski definition) is 1. The fourth-order valence-electron chi connectivity index (χ4n) is 2.21. The van der Waals surface area contributed by atoms with E-state index in [0.29, 0.717) is 0 Å². The van der Waals surface area contributed by atoms with Crippen molar-refractivity contribution in [3.8, 4) is 5.75 Å². The van der Waals surface area contributed by atoms with Crippen molar-refractivity contribution >= 4 is 5.69 Å². The first-order valence-corrected chi connectivity index (χ1v) is 7.23. The Morgan fingerprint density at radius 1 is 1.10 bits per heavy atom. The van der Waals surface area contributed by atoms with Gasteiger partial charge in [-0.3, -0.25) is 0 Å². The summed E-state index contributed by atoms with van der Waals surface area (Å²) in [7, 11) is 5.81. The van der Waals surface area contributed by atoms with Crippen molar-refractivity contribution in [3.63, 3.8) is 0 Å². The van der Waals surface area contributed by atoms with Gasteiger partial charge in [-0.15, -0.1) is 0 Å². The molecule has 2 rings (SSSR count). The van der Waals surface area contributed by atoms with Gasteiger partial charge in [0, 0.05) is 32.4 Å². The van der Waals surface area contributed by atoms with Crippen molar-refractivity contribution in [1.82, 2.24) is 5.32 Å². The van der Waals surface area contributed by atoms with Crippen LogP contribution >= 0.6 is 0 Å². The zero-order valence-corrected chi connectivity index (χ0v) is 13.3. The van der Waals surface area contributed by atoms with Gasteiger partial charge in [-0.2, -0.15) is 0 Å². The largest absolute Gasteiger partial charge is 0.497 e. The molecule has 0 saturated heterocycles. The zero-order valence-electron chi connectivity index (χ0n) is 13.3. The highest BCUT2D eigenvalue weighted by Crippen LogP contribution is 2.19. The molecule has 0 amide bonds. The Bertz CT molecular complexity index is 564. The van der Waals surface area contributed by atoms with E-state index in [4.69, 9.17) is 4.74 Å². The van der Waals surface area contributed by atoms with Gasteiger partial charge in [-0.05, 0) is 42.3 Å². The number of hydrogen-bond acceptors (Lipinski definition) is 3. The summed E-state index contributed by atoms with van der Waals surface area (Å²) < 4.78 is 5.27. The third-order valence-electron chi connectivity index (χ3n) is 3.66. The van der Waals surface area contributed by atoms with Crippen LogP contribution in [-0.2, 0) is 6.54 Å². The van der Waals surface area contributed by atoms with Crippen LogP contribution in [0.5, 0.6) is 5.75 Å². The van der Waals surface area contributed by atoms with Gasteiger partial charge in [0.2, 0.25) is 0 Å². The minimum absolute atomic E-state index is 0.286. The highest BCUT2D eigenvalue weighted by atomic mass is 16.5. The van der Waals surface area contributed by atoms with E-state index in [1.807, 2.05) is 12.1 Å². The molecule has 1 atom stereocenters. The molecule has 0 bridgehead atoms. The van der Waals surface area contributed by atoms with E-state index >= 15 is 0 Å². The molecule has 0 unspecified atom stereocenters. The molecule has 2 aromatic rings. The normalized spacial score (nSPS) is 12.0. The second kappa shape index (κ2) is 7.14. The van der Waals surface area contributed by atoms with Gasteiger partial charge < -0.3 is 15.0 Å². The number of benzene rings is 2. The molecule has 0 aliphatic heterocycles. The lowest BCUT2D eigenvalue weighted by Gasteiger charge is -2.16. The summed E-state index contributed by atoms with van der Waals surface area (Å²) >= 11 is 0. The molecule has 3 heteroatoms. The van der Waals surface area contributed by atoms with Crippen LogP contribution in [0, 0.1) is 0 Å².